The third-order valence-electron chi connectivity index (χ3n) is 0.622. The van der Waals surface area contributed by atoms with Crippen LogP contribution in [0.1, 0.15) is 13.3 Å². The van der Waals surface area contributed by atoms with E-state index in [2.05, 4.69) is 0 Å². The van der Waals surface area contributed by atoms with E-state index in [1.54, 1.807) is 0 Å². The maximum atomic E-state index is 8.74. The third-order valence-corrected chi connectivity index (χ3v) is 0.622. The molecule has 11 heavy (non-hydrogen) atoms. The minimum atomic E-state index is -4.67. The van der Waals surface area contributed by atoms with Gasteiger partial charge in [-0.15, -0.1) is 0 Å². The highest BCUT2D eigenvalue weighted by atomic mass is 32.3. The van der Waals surface area contributed by atoms with Crippen LogP contribution in [0.4, 0.5) is 0 Å². The highest BCUT2D eigenvalue weighted by molar-refractivity contribution is 7.79. The number of hydrogen-bond donors (Lipinski definition) is 4. The molecular weight excluding hydrogens is 172 g/mol. The van der Waals surface area contributed by atoms with Crippen LogP contribution in [0.5, 0.6) is 0 Å². The van der Waals surface area contributed by atoms with Crippen molar-refractivity contribution in [3.8, 4) is 0 Å². The van der Waals surface area contributed by atoms with Crippen molar-refractivity contribution in [3.63, 3.8) is 0 Å². The van der Waals surface area contributed by atoms with Crippen LogP contribution in [0, 0.1) is 0 Å². The van der Waals surface area contributed by atoms with E-state index in [1.165, 1.54) is 0 Å². The topological polar surface area (TPSA) is 127 Å². The zero-order chi connectivity index (χ0) is 9.49. The summed E-state index contributed by atoms with van der Waals surface area (Å²) in [6, 6.07) is 0.273. The molecule has 0 radical (unpaired) electrons. The Morgan fingerprint density at radius 3 is 1.73 bits per heavy atom. The van der Waals surface area contributed by atoms with Gasteiger partial charge in [0.1, 0.15) is 0 Å². The van der Waals surface area contributed by atoms with Gasteiger partial charge >= 0.3 is 10.4 Å². The van der Waals surface area contributed by atoms with Crippen molar-refractivity contribution in [1.29, 1.82) is 0 Å². The first-order valence-corrected chi connectivity index (χ1v) is 4.32. The summed E-state index contributed by atoms with van der Waals surface area (Å²) >= 11 is 0. The molecular formula is C4H14N2O4S. The summed E-state index contributed by atoms with van der Waals surface area (Å²) in [7, 11) is -4.67. The monoisotopic (exact) mass is 186 g/mol. The Kier molecular flexibility index (Phi) is 7.91. The van der Waals surface area contributed by atoms with Gasteiger partial charge in [0, 0.05) is 6.04 Å². The lowest BCUT2D eigenvalue weighted by Gasteiger charge is -1.96. The fourth-order valence-corrected chi connectivity index (χ4v) is 0.263. The molecule has 0 rings (SSSR count). The van der Waals surface area contributed by atoms with Crippen LogP contribution in [0.15, 0.2) is 0 Å². The van der Waals surface area contributed by atoms with Crippen molar-refractivity contribution in [3.05, 3.63) is 0 Å². The molecule has 0 saturated carbocycles. The van der Waals surface area contributed by atoms with Crippen molar-refractivity contribution in [2.45, 2.75) is 19.4 Å². The van der Waals surface area contributed by atoms with Crippen LogP contribution in [0.25, 0.3) is 0 Å². The van der Waals surface area contributed by atoms with E-state index in [9.17, 15) is 0 Å². The zero-order valence-electron chi connectivity index (χ0n) is 6.27. The normalized spacial score (nSPS) is 13.2. The fourth-order valence-electron chi connectivity index (χ4n) is 0.263. The number of hydrogen-bond acceptors (Lipinski definition) is 4. The standard InChI is InChI=1S/C4H12N2.H2O4S/c1-4(6)2-3-5;1-5(2,3)4/h4H,2-3,5-6H2,1H3;(H2,1,2,3,4). The molecule has 1 atom stereocenters. The van der Waals surface area contributed by atoms with E-state index in [0.717, 1.165) is 6.42 Å². The summed E-state index contributed by atoms with van der Waals surface area (Å²) in [4.78, 5) is 0. The van der Waals surface area contributed by atoms with Gasteiger partial charge in [0.15, 0.2) is 0 Å². The summed E-state index contributed by atoms with van der Waals surface area (Å²) in [6.45, 7) is 2.66. The molecule has 7 heteroatoms. The Morgan fingerprint density at radius 1 is 1.45 bits per heavy atom. The molecule has 0 bridgehead atoms. The van der Waals surface area contributed by atoms with Crippen LogP contribution < -0.4 is 11.5 Å². The molecule has 0 amide bonds. The van der Waals surface area contributed by atoms with Gasteiger partial charge in [-0.3, -0.25) is 9.11 Å². The first-order chi connectivity index (χ1) is 4.77. The van der Waals surface area contributed by atoms with Crippen LogP contribution in [-0.2, 0) is 10.4 Å². The smallest absolute Gasteiger partial charge is 0.330 e. The van der Waals surface area contributed by atoms with Crippen LogP contribution in [0.3, 0.4) is 0 Å². The van der Waals surface area contributed by atoms with Gasteiger partial charge < -0.3 is 11.5 Å². The maximum Gasteiger partial charge on any atom is 0.394 e. The highest BCUT2D eigenvalue weighted by Crippen LogP contribution is 1.77. The second kappa shape index (κ2) is 6.50. The first-order valence-electron chi connectivity index (χ1n) is 2.93. The Bertz CT molecular complexity index is 157. The minimum absolute atomic E-state index is 0.273. The molecule has 0 fully saturated rings. The largest absolute Gasteiger partial charge is 0.394 e. The van der Waals surface area contributed by atoms with Gasteiger partial charge in [0.25, 0.3) is 0 Å². The lowest BCUT2D eigenvalue weighted by Crippen LogP contribution is -2.18. The Hall–Kier alpha value is -0.210. The minimum Gasteiger partial charge on any atom is -0.330 e. The van der Waals surface area contributed by atoms with Crippen LogP contribution in [0.2, 0.25) is 0 Å². The van der Waals surface area contributed by atoms with Gasteiger partial charge in [0.05, 0.1) is 0 Å². The first kappa shape index (κ1) is 13.4. The van der Waals surface area contributed by atoms with Gasteiger partial charge in [-0.1, -0.05) is 0 Å². The van der Waals surface area contributed by atoms with E-state index in [1.807, 2.05) is 6.92 Å². The molecule has 0 aromatic rings. The molecule has 0 aliphatic rings. The molecule has 0 aromatic heterocycles. The average Bonchev–Trinajstić information content (AvgIpc) is 1.58. The summed E-state index contributed by atoms with van der Waals surface area (Å²) in [6.07, 6.45) is 0.931. The maximum absolute atomic E-state index is 8.74. The molecule has 6 nitrogen and oxygen atoms in total. The van der Waals surface area contributed by atoms with Gasteiger partial charge in [-0.2, -0.15) is 8.42 Å². The molecule has 0 aromatic carbocycles. The van der Waals surface area contributed by atoms with Crippen LogP contribution in [-0.4, -0.2) is 30.1 Å². The third kappa shape index (κ3) is 76.3. The zero-order valence-corrected chi connectivity index (χ0v) is 7.08. The fraction of sp³-hybridized carbons (Fsp3) is 1.00. The van der Waals surface area contributed by atoms with Crippen molar-refractivity contribution < 1.29 is 17.5 Å². The number of nitrogens with two attached hydrogens (primary N) is 2. The molecule has 1 unspecified atom stereocenters. The predicted molar refractivity (Wildman–Crippen MR) is 41.5 cm³/mol. The van der Waals surface area contributed by atoms with Gasteiger partial charge in [0.2, 0.25) is 0 Å². The molecule has 70 valence electrons. The summed E-state index contributed by atoms with van der Waals surface area (Å²) in [5.74, 6) is 0. The molecule has 0 heterocycles. The van der Waals surface area contributed by atoms with Crippen molar-refractivity contribution in [2.75, 3.05) is 6.54 Å². The Balaban J connectivity index is 0. The quantitative estimate of drug-likeness (QED) is 0.411. The van der Waals surface area contributed by atoms with E-state index in [0.29, 0.717) is 6.54 Å². The average molecular weight is 186 g/mol. The number of rotatable bonds is 2. The summed E-state index contributed by atoms with van der Waals surface area (Å²) in [5, 5.41) is 0. The molecule has 6 N–H and O–H groups in total. The highest BCUT2D eigenvalue weighted by Gasteiger charge is 1.85. The SMILES string of the molecule is CC(N)CCN.O=S(=O)(O)O. The second-order valence-electron chi connectivity index (χ2n) is 2.00. The van der Waals surface area contributed by atoms with Crippen LogP contribution >= 0.6 is 0 Å². The van der Waals surface area contributed by atoms with Crippen molar-refractivity contribution in [2.24, 2.45) is 11.5 Å². The van der Waals surface area contributed by atoms with Gasteiger partial charge in [-0.25, -0.2) is 0 Å². The molecule has 0 aliphatic carbocycles. The Labute approximate surface area is 66.2 Å². The summed E-state index contributed by atoms with van der Waals surface area (Å²) < 4.78 is 31.6. The summed E-state index contributed by atoms with van der Waals surface area (Å²) in [5.41, 5.74) is 10.5. The second-order valence-corrected chi connectivity index (χ2v) is 2.90. The van der Waals surface area contributed by atoms with Crippen molar-refractivity contribution >= 4 is 10.4 Å². The lowest BCUT2D eigenvalue weighted by molar-refractivity contribution is 0.381. The van der Waals surface area contributed by atoms with E-state index in [4.69, 9.17) is 29.0 Å². The van der Waals surface area contributed by atoms with E-state index < -0.39 is 10.4 Å². The van der Waals surface area contributed by atoms with Gasteiger partial charge in [-0.05, 0) is 19.9 Å². The molecule has 0 saturated heterocycles. The van der Waals surface area contributed by atoms with E-state index >= 15 is 0 Å². The molecule has 0 spiro atoms. The predicted octanol–water partition coefficient (Wildman–Crippen LogP) is -0.970. The van der Waals surface area contributed by atoms with Crippen molar-refractivity contribution in [1.82, 2.24) is 0 Å². The molecule has 0 aliphatic heterocycles. The Morgan fingerprint density at radius 2 is 1.73 bits per heavy atom. The lowest BCUT2D eigenvalue weighted by atomic mass is 10.3. The van der Waals surface area contributed by atoms with E-state index in [-0.39, 0.29) is 6.04 Å².